The fourth-order valence-corrected chi connectivity index (χ4v) is 5.06. The number of carbonyl (C=O) groups excluding carboxylic acids is 1. The van der Waals surface area contributed by atoms with Crippen LogP contribution in [0.4, 0.5) is 0 Å². The van der Waals surface area contributed by atoms with Crippen LogP contribution in [0.15, 0.2) is 18.3 Å². The van der Waals surface area contributed by atoms with Crippen molar-refractivity contribution < 1.29 is 9.53 Å². The third-order valence-corrected chi connectivity index (χ3v) is 6.34. The Hall–Kier alpha value is -1.88. The number of ether oxygens (including phenoxy) is 1. The number of aryl methyl sites for hydroxylation is 2. The van der Waals surface area contributed by atoms with E-state index in [4.69, 9.17) is 4.74 Å². The van der Waals surface area contributed by atoms with Crippen molar-refractivity contribution in [2.24, 2.45) is 11.8 Å². The lowest BCUT2D eigenvalue weighted by atomic mass is 9.82. The zero-order valence-electron chi connectivity index (χ0n) is 16.7. The summed E-state index contributed by atoms with van der Waals surface area (Å²) in [5, 5.41) is 3.29. The first-order chi connectivity index (χ1) is 13.1. The molecule has 5 nitrogen and oxygen atoms in total. The molecule has 2 bridgehead atoms. The van der Waals surface area contributed by atoms with E-state index in [9.17, 15) is 4.79 Å². The van der Waals surface area contributed by atoms with Gasteiger partial charge in [0.05, 0.1) is 11.7 Å². The van der Waals surface area contributed by atoms with Gasteiger partial charge in [0.25, 0.3) is 5.91 Å². The van der Waals surface area contributed by atoms with Gasteiger partial charge in [-0.25, -0.2) is 4.98 Å². The molecule has 2 aliphatic carbocycles. The normalized spacial score (nSPS) is 27.2. The topological polar surface area (TPSA) is 55.6 Å². The summed E-state index contributed by atoms with van der Waals surface area (Å²) in [5.41, 5.74) is 3.47. The Balaban J connectivity index is 1.43. The lowest BCUT2D eigenvalue weighted by molar-refractivity contribution is -0.0263. The average Bonchev–Trinajstić information content (AvgIpc) is 3.14. The first-order valence-corrected chi connectivity index (χ1v) is 10.4. The lowest BCUT2D eigenvalue weighted by Crippen LogP contribution is -2.44. The molecule has 0 saturated heterocycles. The summed E-state index contributed by atoms with van der Waals surface area (Å²) < 4.78 is 8.18. The van der Waals surface area contributed by atoms with Gasteiger partial charge in [0.15, 0.2) is 0 Å². The van der Waals surface area contributed by atoms with E-state index in [1.165, 1.54) is 19.3 Å². The zero-order chi connectivity index (χ0) is 19.0. The maximum absolute atomic E-state index is 12.9. The van der Waals surface area contributed by atoms with Crippen molar-refractivity contribution in [1.82, 2.24) is 14.7 Å². The van der Waals surface area contributed by atoms with Gasteiger partial charge in [-0.2, -0.15) is 0 Å². The van der Waals surface area contributed by atoms with E-state index in [0.717, 1.165) is 42.9 Å². The number of hydrogen-bond acceptors (Lipinski definition) is 3. The van der Waals surface area contributed by atoms with Crippen molar-refractivity contribution in [1.29, 1.82) is 0 Å². The summed E-state index contributed by atoms with van der Waals surface area (Å²) in [6.45, 7) is 7.10. The van der Waals surface area contributed by atoms with Crippen LogP contribution in [0.1, 0.15) is 67.2 Å². The van der Waals surface area contributed by atoms with Crippen molar-refractivity contribution >= 4 is 11.6 Å². The third kappa shape index (κ3) is 3.62. The van der Waals surface area contributed by atoms with Crippen molar-refractivity contribution in [3.63, 3.8) is 0 Å². The van der Waals surface area contributed by atoms with Gasteiger partial charge in [0.1, 0.15) is 5.65 Å². The molecule has 2 fully saturated rings. The molecular weight excluding hydrogens is 338 g/mol. The minimum Gasteiger partial charge on any atom is -0.378 e. The maximum atomic E-state index is 12.9. The molecule has 5 heteroatoms. The summed E-state index contributed by atoms with van der Waals surface area (Å²) >= 11 is 0. The Labute approximate surface area is 161 Å². The summed E-state index contributed by atoms with van der Waals surface area (Å²) in [5.74, 6) is 1.20. The third-order valence-electron chi connectivity index (χ3n) is 6.34. The summed E-state index contributed by atoms with van der Waals surface area (Å²) in [4.78, 5) is 17.5. The van der Waals surface area contributed by atoms with E-state index in [1.54, 1.807) is 0 Å². The molecule has 4 rings (SSSR count). The van der Waals surface area contributed by atoms with Crippen LogP contribution in [0.25, 0.3) is 5.65 Å². The average molecular weight is 370 g/mol. The second-order valence-electron chi connectivity index (χ2n) is 8.39. The minimum atomic E-state index is 0.00440. The van der Waals surface area contributed by atoms with Gasteiger partial charge < -0.3 is 14.5 Å². The molecule has 2 aromatic heterocycles. The van der Waals surface area contributed by atoms with Gasteiger partial charge in [-0.05, 0) is 69.9 Å². The van der Waals surface area contributed by atoms with Gasteiger partial charge in [-0.1, -0.05) is 13.3 Å². The number of unbranched alkanes of at least 4 members (excludes halogenated alkanes) is 1. The fourth-order valence-electron chi connectivity index (χ4n) is 5.06. The second kappa shape index (κ2) is 7.63. The zero-order valence-corrected chi connectivity index (χ0v) is 16.7. The number of fused-ring (bicyclic) bond motifs is 3. The van der Waals surface area contributed by atoms with Crippen molar-refractivity contribution in [2.75, 3.05) is 6.61 Å². The van der Waals surface area contributed by atoms with Crippen molar-refractivity contribution in [3.8, 4) is 0 Å². The molecule has 27 heavy (non-hydrogen) atoms. The van der Waals surface area contributed by atoms with Crippen LogP contribution in [0.2, 0.25) is 0 Å². The summed E-state index contributed by atoms with van der Waals surface area (Å²) in [6, 6.07) is 4.17. The Morgan fingerprint density at radius 2 is 2.04 bits per heavy atom. The predicted molar refractivity (Wildman–Crippen MR) is 106 cm³/mol. The molecule has 2 saturated carbocycles. The molecule has 0 aromatic carbocycles. The van der Waals surface area contributed by atoms with Crippen LogP contribution in [-0.4, -0.2) is 34.0 Å². The molecule has 0 radical (unpaired) electrons. The van der Waals surface area contributed by atoms with Crippen LogP contribution in [0, 0.1) is 25.7 Å². The molecule has 1 N–H and O–H groups in total. The Morgan fingerprint density at radius 1 is 1.30 bits per heavy atom. The van der Waals surface area contributed by atoms with Crippen LogP contribution >= 0.6 is 0 Å². The van der Waals surface area contributed by atoms with Crippen LogP contribution in [0.5, 0.6) is 0 Å². The van der Waals surface area contributed by atoms with Crippen LogP contribution in [0.3, 0.4) is 0 Å². The highest BCUT2D eigenvalue weighted by molar-refractivity contribution is 6.00. The van der Waals surface area contributed by atoms with E-state index in [-0.39, 0.29) is 11.9 Å². The highest BCUT2D eigenvalue weighted by Crippen LogP contribution is 2.44. The van der Waals surface area contributed by atoms with E-state index >= 15 is 0 Å². The number of carbonyl (C=O) groups is 1. The van der Waals surface area contributed by atoms with Gasteiger partial charge >= 0.3 is 0 Å². The Kier molecular flexibility index (Phi) is 5.22. The number of nitrogens with one attached hydrogen (secondary N) is 1. The molecule has 1 amide bonds. The first-order valence-electron chi connectivity index (χ1n) is 10.4. The predicted octanol–water partition coefficient (Wildman–Crippen LogP) is 4.05. The molecular formula is C22H31N3O2. The molecule has 0 spiro atoms. The maximum Gasteiger partial charge on any atom is 0.255 e. The number of rotatable bonds is 6. The number of hydrogen-bond donors (Lipinski definition) is 1. The van der Waals surface area contributed by atoms with Crippen LogP contribution in [-0.2, 0) is 4.74 Å². The quantitative estimate of drug-likeness (QED) is 0.782. The molecule has 2 aromatic rings. The SMILES string of the molecule is CCCCO[C@@H]1[C@@H]2CC[C@H]1C[C@H](NC(=O)c1ccn3c(C)cc(C)nc13)C2. The molecule has 2 heterocycles. The summed E-state index contributed by atoms with van der Waals surface area (Å²) in [7, 11) is 0. The van der Waals surface area contributed by atoms with Crippen LogP contribution < -0.4 is 5.32 Å². The molecule has 0 aliphatic heterocycles. The van der Waals surface area contributed by atoms with E-state index in [0.29, 0.717) is 23.5 Å². The fraction of sp³-hybridized carbons (Fsp3) is 0.636. The van der Waals surface area contributed by atoms with E-state index in [2.05, 4.69) is 17.2 Å². The smallest absolute Gasteiger partial charge is 0.255 e. The Morgan fingerprint density at radius 3 is 2.74 bits per heavy atom. The van der Waals surface area contributed by atoms with Gasteiger partial charge in [0.2, 0.25) is 0 Å². The number of nitrogens with zero attached hydrogens (tertiary/aromatic N) is 2. The first kappa shape index (κ1) is 18.5. The molecule has 4 atom stereocenters. The second-order valence-corrected chi connectivity index (χ2v) is 8.39. The molecule has 2 aliphatic rings. The molecule has 146 valence electrons. The standard InChI is InChI=1S/C22H31N3O2/c1-4-5-10-27-20-16-6-7-17(20)13-18(12-16)24-22(26)19-8-9-25-15(3)11-14(2)23-21(19)25/h8-9,11,16-18,20H,4-7,10,12-13H2,1-3H3,(H,24,26)/t16-,17+,18-,20-. The highest BCUT2D eigenvalue weighted by Gasteiger charge is 2.43. The van der Waals surface area contributed by atoms with Crippen molar-refractivity contribution in [3.05, 3.63) is 35.3 Å². The number of aromatic nitrogens is 2. The van der Waals surface area contributed by atoms with E-state index < -0.39 is 0 Å². The lowest BCUT2D eigenvalue weighted by Gasteiger charge is -2.35. The molecule has 0 unspecified atom stereocenters. The van der Waals surface area contributed by atoms with Gasteiger partial charge in [-0.3, -0.25) is 4.79 Å². The Bertz CT molecular complexity index is 814. The highest BCUT2D eigenvalue weighted by atomic mass is 16.5. The summed E-state index contributed by atoms with van der Waals surface area (Å²) in [6.07, 6.45) is 9.22. The largest absolute Gasteiger partial charge is 0.378 e. The van der Waals surface area contributed by atoms with E-state index in [1.807, 2.05) is 36.6 Å². The van der Waals surface area contributed by atoms with Gasteiger partial charge in [0, 0.05) is 30.2 Å². The minimum absolute atomic E-state index is 0.00440. The number of amides is 1. The van der Waals surface area contributed by atoms with Crippen molar-refractivity contribution in [2.45, 2.75) is 71.4 Å². The monoisotopic (exact) mass is 369 g/mol. The van der Waals surface area contributed by atoms with Gasteiger partial charge in [-0.15, -0.1) is 0 Å².